The van der Waals surface area contributed by atoms with Gasteiger partial charge in [-0.2, -0.15) is 0 Å². The second kappa shape index (κ2) is 10.3. The van der Waals surface area contributed by atoms with Crippen molar-refractivity contribution in [3.63, 3.8) is 0 Å². The lowest BCUT2D eigenvalue weighted by Gasteiger charge is -2.19. The molecule has 3 heteroatoms. The van der Waals surface area contributed by atoms with E-state index in [9.17, 15) is 0 Å². The molecule has 0 saturated carbocycles. The number of hydrogen-bond donors (Lipinski definition) is 1. The molecule has 1 N–H and O–H groups in total. The standard InChI is InChI=1S/C18H31NOS/c1-5-6-13-20-14-11-19-12-15-21-17-9-7-16(8-10-17)18(2,3)4/h7-10,19H,5-6,11-15H2,1-4H3. The third-order valence-corrected chi connectivity index (χ3v) is 4.35. The van der Waals surface area contributed by atoms with Gasteiger partial charge in [0.15, 0.2) is 0 Å². The van der Waals surface area contributed by atoms with E-state index in [0.29, 0.717) is 0 Å². The molecule has 1 aromatic rings. The molecule has 0 radical (unpaired) electrons. The third kappa shape index (κ3) is 8.50. The molecule has 21 heavy (non-hydrogen) atoms. The second-order valence-electron chi connectivity index (χ2n) is 6.34. The van der Waals surface area contributed by atoms with Gasteiger partial charge in [-0.05, 0) is 29.5 Å². The first kappa shape index (κ1) is 18.5. The van der Waals surface area contributed by atoms with Crippen molar-refractivity contribution in [3.8, 4) is 0 Å². The van der Waals surface area contributed by atoms with Crippen molar-refractivity contribution < 1.29 is 4.74 Å². The van der Waals surface area contributed by atoms with E-state index in [1.807, 2.05) is 11.8 Å². The minimum absolute atomic E-state index is 0.239. The Morgan fingerprint density at radius 3 is 2.38 bits per heavy atom. The van der Waals surface area contributed by atoms with Crippen LogP contribution in [0.1, 0.15) is 46.1 Å². The van der Waals surface area contributed by atoms with E-state index in [1.165, 1.54) is 23.3 Å². The number of benzene rings is 1. The van der Waals surface area contributed by atoms with Gasteiger partial charge in [0.2, 0.25) is 0 Å². The van der Waals surface area contributed by atoms with E-state index in [0.717, 1.165) is 32.1 Å². The summed E-state index contributed by atoms with van der Waals surface area (Å²) in [6.07, 6.45) is 2.37. The van der Waals surface area contributed by atoms with Gasteiger partial charge in [-0.3, -0.25) is 0 Å². The average molecular weight is 310 g/mol. The normalized spacial score (nSPS) is 11.8. The highest BCUT2D eigenvalue weighted by Gasteiger charge is 2.12. The van der Waals surface area contributed by atoms with Gasteiger partial charge in [-0.25, -0.2) is 0 Å². The summed E-state index contributed by atoms with van der Waals surface area (Å²) < 4.78 is 5.51. The molecule has 120 valence electrons. The van der Waals surface area contributed by atoms with Crippen LogP contribution in [-0.4, -0.2) is 32.1 Å². The fourth-order valence-corrected chi connectivity index (χ4v) is 2.72. The fraction of sp³-hybridized carbons (Fsp3) is 0.667. The van der Waals surface area contributed by atoms with Crippen LogP contribution in [0.25, 0.3) is 0 Å². The van der Waals surface area contributed by atoms with Crippen molar-refractivity contribution in [2.45, 2.75) is 50.8 Å². The molecule has 0 fully saturated rings. The zero-order valence-corrected chi connectivity index (χ0v) is 14.9. The molecule has 2 nitrogen and oxygen atoms in total. The Kier molecular flexibility index (Phi) is 9.05. The molecule has 1 rings (SSSR count). The minimum Gasteiger partial charge on any atom is -0.380 e. The zero-order valence-electron chi connectivity index (χ0n) is 14.1. The van der Waals surface area contributed by atoms with Crippen LogP contribution < -0.4 is 5.32 Å². The predicted molar refractivity (Wildman–Crippen MR) is 94.5 cm³/mol. The van der Waals surface area contributed by atoms with E-state index in [2.05, 4.69) is 57.3 Å². The van der Waals surface area contributed by atoms with Crippen molar-refractivity contribution in [3.05, 3.63) is 29.8 Å². The number of rotatable bonds is 10. The third-order valence-electron chi connectivity index (χ3n) is 3.33. The number of thioether (sulfide) groups is 1. The van der Waals surface area contributed by atoms with Crippen molar-refractivity contribution >= 4 is 11.8 Å². The van der Waals surface area contributed by atoms with Gasteiger partial charge in [-0.1, -0.05) is 46.2 Å². The molecule has 0 aliphatic carbocycles. The first-order chi connectivity index (χ1) is 10.0. The van der Waals surface area contributed by atoms with Gasteiger partial charge in [-0.15, -0.1) is 11.8 Å². The molecule has 0 aromatic heterocycles. The first-order valence-corrected chi connectivity index (χ1v) is 9.04. The average Bonchev–Trinajstić information content (AvgIpc) is 2.45. The molecule has 0 spiro atoms. The molecule has 0 aliphatic heterocycles. The monoisotopic (exact) mass is 309 g/mol. The molecule has 1 aromatic carbocycles. The van der Waals surface area contributed by atoms with Crippen molar-refractivity contribution in [2.75, 3.05) is 32.1 Å². The summed E-state index contributed by atoms with van der Waals surface area (Å²) in [5.41, 5.74) is 1.64. The highest BCUT2D eigenvalue weighted by Crippen LogP contribution is 2.25. The fourth-order valence-electron chi connectivity index (χ4n) is 1.91. The van der Waals surface area contributed by atoms with Gasteiger partial charge >= 0.3 is 0 Å². The maximum Gasteiger partial charge on any atom is 0.0590 e. The summed E-state index contributed by atoms with van der Waals surface area (Å²) in [4.78, 5) is 1.35. The summed E-state index contributed by atoms with van der Waals surface area (Å²) >= 11 is 1.91. The van der Waals surface area contributed by atoms with E-state index < -0.39 is 0 Å². The lowest BCUT2D eigenvalue weighted by molar-refractivity contribution is 0.133. The summed E-state index contributed by atoms with van der Waals surface area (Å²) in [7, 11) is 0. The Bertz CT molecular complexity index is 370. The van der Waals surface area contributed by atoms with Crippen molar-refractivity contribution in [1.82, 2.24) is 5.32 Å². The number of nitrogens with one attached hydrogen (secondary N) is 1. The zero-order chi connectivity index (χ0) is 15.6. The Morgan fingerprint density at radius 2 is 1.76 bits per heavy atom. The Hall–Kier alpha value is -0.510. The maximum absolute atomic E-state index is 5.51. The maximum atomic E-state index is 5.51. The summed E-state index contributed by atoms with van der Waals surface area (Å²) in [6.45, 7) is 12.6. The highest BCUT2D eigenvalue weighted by atomic mass is 32.2. The molecular weight excluding hydrogens is 278 g/mol. The largest absolute Gasteiger partial charge is 0.380 e. The van der Waals surface area contributed by atoms with Crippen LogP contribution in [0.5, 0.6) is 0 Å². The number of unbranched alkanes of at least 4 members (excludes halogenated alkanes) is 1. The van der Waals surface area contributed by atoms with Crippen LogP contribution >= 0.6 is 11.8 Å². The van der Waals surface area contributed by atoms with E-state index >= 15 is 0 Å². The van der Waals surface area contributed by atoms with E-state index in [1.54, 1.807) is 0 Å². The van der Waals surface area contributed by atoms with Crippen LogP contribution in [0, 0.1) is 0 Å². The van der Waals surface area contributed by atoms with E-state index in [4.69, 9.17) is 4.74 Å². The van der Waals surface area contributed by atoms with Gasteiger partial charge in [0.05, 0.1) is 6.61 Å². The Labute approximate surface area is 135 Å². The molecule has 0 saturated heterocycles. The SMILES string of the molecule is CCCCOCCNCCSc1ccc(C(C)(C)C)cc1. The second-order valence-corrected chi connectivity index (χ2v) is 7.51. The first-order valence-electron chi connectivity index (χ1n) is 8.06. The van der Waals surface area contributed by atoms with Crippen molar-refractivity contribution in [1.29, 1.82) is 0 Å². The lowest BCUT2D eigenvalue weighted by atomic mass is 9.87. The van der Waals surface area contributed by atoms with Crippen LogP contribution in [0.3, 0.4) is 0 Å². The molecule has 0 unspecified atom stereocenters. The van der Waals surface area contributed by atoms with Gasteiger partial charge in [0, 0.05) is 30.3 Å². The van der Waals surface area contributed by atoms with Crippen LogP contribution in [0.15, 0.2) is 29.2 Å². The van der Waals surface area contributed by atoms with Gasteiger partial charge in [0.25, 0.3) is 0 Å². The molecular formula is C18H31NOS. The Morgan fingerprint density at radius 1 is 1.05 bits per heavy atom. The molecule has 0 amide bonds. The van der Waals surface area contributed by atoms with Crippen LogP contribution in [0.2, 0.25) is 0 Å². The Balaban J connectivity index is 2.08. The predicted octanol–water partition coefficient (Wildman–Crippen LogP) is 4.48. The molecule has 0 heterocycles. The number of hydrogen-bond acceptors (Lipinski definition) is 3. The van der Waals surface area contributed by atoms with E-state index in [-0.39, 0.29) is 5.41 Å². The summed E-state index contributed by atoms with van der Waals surface area (Å²) in [5, 5.41) is 3.42. The van der Waals surface area contributed by atoms with Crippen LogP contribution in [-0.2, 0) is 10.2 Å². The summed E-state index contributed by atoms with van der Waals surface area (Å²) in [6, 6.07) is 8.97. The molecule has 0 bridgehead atoms. The molecule has 0 atom stereocenters. The van der Waals surface area contributed by atoms with Gasteiger partial charge in [0.1, 0.15) is 0 Å². The van der Waals surface area contributed by atoms with Crippen molar-refractivity contribution in [2.24, 2.45) is 0 Å². The highest BCUT2D eigenvalue weighted by molar-refractivity contribution is 7.99. The minimum atomic E-state index is 0.239. The lowest BCUT2D eigenvalue weighted by Crippen LogP contribution is -2.22. The quantitative estimate of drug-likeness (QED) is 0.508. The van der Waals surface area contributed by atoms with Gasteiger partial charge < -0.3 is 10.1 Å². The topological polar surface area (TPSA) is 21.3 Å². The molecule has 0 aliphatic rings. The summed E-state index contributed by atoms with van der Waals surface area (Å²) in [5.74, 6) is 1.10. The smallest absolute Gasteiger partial charge is 0.0590 e. The number of ether oxygens (including phenoxy) is 1. The van der Waals surface area contributed by atoms with Crippen LogP contribution in [0.4, 0.5) is 0 Å².